The van der Waals surface area contributed by atoms with Crippen LogP contribution in [0.3, 0.4) is 0 Å². The molecule has 0 aliphatic carbocycles. The second-order valence-electron chi connectivity index (χ2n) is 3.66. The molecule has 0 aromatic rings. The fourth-order valence-electron chi connectivity index (χ4n) is 1.69. The standard InChI is InChI=1S/C11H16N2O2/c1-4-9(5-2)13-7-6-10(14)12-8(3)11(13)15/h1,8-9H,5-7H2,2-3H3,(H,12,14). The molecule has 1 rings (SSSR count). The molecule has 1 saturated heterocycles. The first-order valence-electron chi connectivity index (χ1n) is 5.16. The average Bonchev–Trinajstić information content (AvgIpc) is 2.33. The molecule has 0 radical (unpaired) electrons. The Kier molecular flexibility index (Phi) is 3.73. The molecule has 15 heavy (non-hydrogen) atoms. The summed E-state index contributed by atoms with van der Waals surface area (Å²) in [5, 5.41) is 2.63. The summed E-state index contributed by atoms with van der Waals surface area (Å²) in [7, 11) is 0. The highest BCUT2D eigenvalue weighted by Gasteiger charge is 2.29. The van der Waals surface area contributed by atoms with Gasteiger partial charge in [0.05, 0.1) is 6.04 Å². The van der Waals surface area contributed by atoms with Gasteiger partial charge in [-0.25, -0.2) is 0 Å². The highest BCUT2D eigenvalue weighted by atomic mass is 16.2. The molecule has 1 N–H and O–H groups in total. The van der Waals surface area contributed by atoms with Crippen LogP contribution >= 0.6 is 0 Å². The molecule has 0 aromatic heterocycles. The van der Waals surface area contributed by atoms with Crippen molar-refractivity contribution < 1.29 is 9.59 Å². The summed E-state index contributed by atoms with van der Waals surface area (Å²) in [5.41, 5.74) is 0. The predicted molar refractivity (Wildman–Crippen MR) is 56.8 cm³/mol. The third-order valence-electron chi connectivity index (χ3n) is 2.57. The van der Waals surface area contributed by atoms with E-state index in [1.165, 1.54) is 0 Å². The molecule has 0 saturated carbocycles. The molecule has 1 aliphatic heterocycles. The number of hydrogen-bond donors (Lipinski definition) is 1. The zero-order valence-corrected chi connectivity index (χ0v) is 9.12. The largest absolute Gasteiger partial charge is 0.345 e. The number of nitrogens with one attached hydrogen (secondary N) is 1. The zero-order valence-electron chi connectivity index (χ0n) is 9.12. The van der Waals surface area contributed by atoms with E-state index >= 15 is 0 Å². The van der Waals surface area contributed by atoms with Crippen molar-refractivity contribution in [2.45, 2.75) is 38.8 Å². The Morgan fingerprint density at radius 3 is 2.87 bits per heavy atom. The van der Waals surface area contributed by atoms with Gasteiger partial charge in [-0.05, 0) is 13.3 Å². The fraction of sp³-hybridized carbons (Fsp3) is 0.636. The van der Waals surface area contributed by atoms with Crippen LogP contribution in [-0.2, 0) is 9.59 Å². The van der Waals surface area contributed by atoms with Crippen molar-refractivity contribution in [3.63, 3.8) is 0 Å². The molecule has 0 spiro atoms. The van der Waals surface area contributed by atoms with Crippen molar-refractivity contribution in [2.24, 2.45) is 0 Å². The average molecular weight is 208 g/mol. The maximum atomic E-state index is 11.9. The number of carbonyl (C=O) groups excluding carboxylic acids is 2. The van der Waals surface area contributed by atoms with E-state index < -0.39 is 6.04 Å². The van der Waals surface area contributed by atoms with Gasteiger partial charge in [0.1, 0.15) is 6.04 Å². The number of amides is 2. The summed E-state index contributed by atoms with van der Waals surface area (Å²) < 4.78 is 0. The van der Waals surface area contributed by atoms with Crippen LogP contribution in [0.25, 0.3) is 0 Å². The third kappa shape index (κ3) is 2.50. The lowest BCUT2D eigenvalue weighted by Gasteiger charge is -2.27. The molecule has 1 aliphatic rings. The Balaban J connectivity index is 2.84. The summed E-state index contributed by atoms with van der Waals surface area (Å²) in [6.45, 7) is 4.03. The van der Waals surface area contributed by atoms with Crippen LogP contribution in [-0.4, -0.2) is 35.3 Å². The number of rotatable bonds is 2. The summed E-state index contributed by atoms with van der Waals surface area (Å²) in [6, 6.07) is -0.671. The van der Waals surface area contributed by atoms with Crippen LogP contribution < -0.4 is 5.32 Å². The van der Waals surface area contributed by atoms with E-state index in [1.54, 1.807) is 11.8 Å². The van der Waals surface area contributed by atoms with Crippen LogP contribution in [0, 0.1) is 12.3 Å². The Morgan fingerprint density at radius 2 is 2.33 bits per heavy atom. The van der Waals surface area contributed by atoms with Crippen molar-refractivity contribution >= 4 is 11.8 Å². The lowest BCUT2D eigenvalue weighted by Crippen LogP contribution is -2.46. The number of nitrogens with zero attached hydrogens (tertiary/aromatic N) is 1. The number of terminal acetylenes is 1. The molecule has 4 nitrogen and oxygen atoms in total. The smallest absolute Gasteiger partial charge is 0.245 e. The molecule has 4 heteroatoms. The topological polar surface area (TPSA) is 49.4 Å². The highest BCUT2D eigenvalue weighted by Crippen LogP contribution is 2.10. The maximum absolute atomic E-state index is 11.9. The van der Waals surface area contributed by atoms with E-state index in [1.807, 2.05) is 6.92 Å². The summed E-state index contributed by atoms with van der Waals surface area (Å²) in [5.74, 6) is 2.40. The number of carbonyl (C=O) groups is 2. The van der Waals surface area contributed by atoms with Gasteiger partial charge < -0.3 is 10.2 Å². The van der Waals surface area contributed by atoms with Crippen molar-refractivity contribution in [1.29, 1.82) is 0 Å². The first kappa shape index (κ1) is 11.6. The van der Waals surface area contributed by atoms with E-state index in [0.29, 0.717) is 19.4 Å². The van der Waals surface area contributed by atoms with Crippen molar-refractivity contribution in [3.8, 4) is 12.3 Å². The minimum absolute atomic E-state index is 0.0920. The normalized spacial score (nSPS) is 24.1. The van der Waals surface area contributed by atoms with E-state index in [2.05, 4.69) is 11.2 Å². The van der Waals surface area contributed by atoms with Gasteiger partial charge in [-0.15, -0.1) is 6.42 Å². The molecule has 82 valence electrons. The fourth-order valence-corrected chi connectivity index (χ4v) is 1.69. The van der Waals surface area contributed by atoms with E-state index in [-0.39, 0.29) is 17.9 Å². The van der Waals surface area contributed by atoms with E-state index in [4.69, 9.17) is 6.42 Å². The van der Waals surface area contributed by atoms with Gasteiger partial charge in [0.15, 0.2) is 0 Å². The molecule has 0 bridgehead atoms. The Morgan fingerprint density at radius 1 is 1.67 bits per heavy atom. The molecular formula is C11H16N2O2. The highest BCUT2D eigenvalue weighted by molar-refractivity contribution is 5.89. The molecule has 1 fully saturated rings. The lowest BCUT2D eigenvalue weighted by molar-refractivity contribution is -0.134. The third-order valence-corrected chi connectivity index (χ3v) is 2.57. The monoisotopic (exact) mass is 208 g/mol. The van der Waals surface area contributed by atoms with E-state index in [0.717, 1.165) is 0 Å². The SMILES string of the molecule is C#CC(CC)N1CCC(=O)NC(C)C1=O. The van der Waals surface area contributed by atoms with Gasteiger partial charge in [-0.3, -0.25) is 9.59 Å². The Hall–Kier alpha value is -1.50. The Labute approximate surface area is 90.0 Å². The van der Waals surface area contributed by atoms with Crippen molar-refractivity contribution in [2.75, 3.05) is 6.54 Å². The molecule has 2 unspecified atom stereocenters. The molecular weight excluding hydrogens is 192 g/mol. The van der Waals surface area contributed by atoms with Crippen molar-refractivity contribution in [3.05, 3.63) is 0 Å². The van der Waals surface area contributed by atoms with Gasteiger partial charge in [0.25, 0.3) is 0 Å². The Bertz CT molecular complexity index is 306. The summed E-state index contributed by atoms with van der Waals surface area (Å²) in [4.78, 5) is 24.7. The number of hydrogen-bond acceptors (Lipinski definition) is 2. The van der Waals surface area contributed by atoms with E-state index in [9.17, 15) is 9.59 Å². The van der Waals surface area contributed by atoms with Crippen LogP contribution in [0.1, 0.15) is 26.7 Å². The minimum Gasteiger partial charge on any atom is -0.345 e. The van der Waals surface area contributed by atoms with Gasteiger partial charge in [0, 0.05) is 13.0 Å². The van der Waals surface area contributed by atoms with Crippen LogP contribution in [0.5, 0.6) is 0 Å². The second-order valence-corrected chi connectivity index (χ2v) is 3.66. The van der Waals surface area contributed by atoms with Gasteiger partial charge >= 0.3 is 0 Å². The van der Waals surface area contributed by atoms with Crippen molar-refractivity contribution in [1.82, 2.24) is 10.2 Å². The quantitative estimate of drug-likeness (QED) is 0.656. The molecule has 1 heterocycles. The first-order chi connectivity index (χ1) is 7.10. The molecule has 0 aromatic carbocycles. The maximum Gasteiger partial charge on any atom is 0.245 e. The summed E-state index contributed by atoms with van der Waals surface area (Å²) >= 11 is 0. The lowest BCUT2D eigenvalue weighted by atomic mass is 10.1. The van der Waals surface area contributed by atoms with Crippen LogP contribution in [0.4, 0.5) is 0 Å². The predicted octanol–water partition coefficient (Wildman–Crippen LogP) is 0.135. The molecule has 2 atom stereocenters. The van der Waals surface area contributed by atoms with Gasteiger partial charge in [-0.2, -0.15) is 0 Å². The van der Waals surface area contributed by atoms with Crippen LogP contribution in [0.15, 0.2) is 0 Å². The summed E-state index contributed by atoms with van der Waals surface area (Å²) in [6.07, 6.45) is 6.40. The van der Waals surface area contributed by atoms with Gasteiger partial charge in [0.2, 0.25) is 11.8 Å². The second kappa shape index (κ2) is 4.83. The van der Waals surface area contributed by atoms with Crippen LogP contribution in [0.2, 0.25) is 0 Å². The minimum atomic E-state index is -0.470. The first-order valence-corrected chi connectivity index (χ1v) is 5.16. The zero-order chi connectivity index (χ0) is 11.4. The molecule has 2 amide bonds. The van der Waals surface area contributed by atoms with Gasteiger partial charge in [-0.1, -0.05) is 12.8 Å².